The van der Waals surface area contributed by atoms with Gasteiger partial charge in [-0.15, -0.1) is 13.2 Å². The lowest BCUT2D eigenvalue weighted by molar-refractivity contribution is -0.161. The molecule has 3 aliphatic rings. The number of rotatable bonds is 16. The maximum atomic E-state index is 14.8. The molecule has 0 aromatic heterocycles. The van der Waals surface area contributed by atoms with Gasteiger partial charge < -0.3 is 34.4 Å². The number of carbonyl (C=O) groups excluding carboxylic acids is 4. The molecule has 11 heteroatoms. The lowest BCUT2D eigenvalue weighted by Crippen LogP contribution is -2.59. The van der Waals surface area contributed by atoms with Gasteiger partial charge in [-0.1, -0.05) is 56.3 Å². The molecule has 1 spiro atoms. The second-order valence-electron chi connectivity index (χ2n) is 13.2. The zero-order valence-electron chi connectivity index (χ0n) is 28.5. The van der Waals surface area contributed by atoms with Gasteiger partial charge in [0.15, 0.2) is 0 Å². The number of likely N-dealkylation sites (tertiary alicyclic amines) is 1. The van der Waals surface area contributed by atoms with Crippen molar-refractivity contribution in [2.75, 3.05) is 31.7 Å². The first-order valence-corrected chi connectivity index (χ1v) is 16.9. The van der Waals surface area contributed by atoms with Gasteiger partial charge in [0, 0.05) is 18.7 Å². The zero-order valence-corrected chi connectivity index (χ0v) is 28.5. The number of benzene rings is 2. The molecule has 11 nitrogen and oxygen atoms in total. The van der Waals surface area contributed by atoms with Crippen LogP contribution < -0.4 is 15.0 Å². The first-order valence-electron chi connectivity index (χ1n) is 16.9. The minimum absolute atomic E-state index is 0.0409. The van der Waals surface area contributed by atoms with E-state index < -0.39 is 53.6 Å². The Labute approximate surface area is 287 Å². The Morgan fingerprint density at radius 2 is 1.84 bits per heavy atom. The van der Waals surface area contributed by atoms with Crippen molar-refractivity contribution in [3.8, 4) is 5.75 Å². The van der Waals surface area contributed by atoms with E-state index in [1.54, 1.807) is 48.4 Å². The number of hydrogen-bond donors (Lipinski definition) is 2. The Morgan fingerprint density at radius 3 is 2.45 bits per heavy atom. The summed E-state index contributed by atoms with van der Waals surface area (Å²) in [4.78, 5) is 59.1. The highest BCUT2D eigenvalue weighted by Crippen LogP contribution is 2.59. The number of anilines is 1. The highest BCUT2D eigenvalue weighted by atomic mass is 16.6. The Morgan fingerprint density at radius 1 is 1.12 bits per heavy atom. The normalized spacial score (nSPS) is 25.0. The van der Waals surface area contributed by atoms with E-state index in [1.165, 1.54) is 4.90 Å². The molecule has 2 N–H and O–H groups in total. The number of allylic oxidation sites excluding steroid dienone is 1. The average Bonchev–Trinajstić information content (AvgIpc) is 3.76. The van der Waals surface area contributed by atoms with Gasteiger partial charge >= 0.3 is 5.97 Å². The van der Waals surface area contributed by atoms with Crippen LogP contribution >= 0.6 is 0 Å². The van der Waals surface area contributed by atoms with E-state index >= 15 is 0 Å². The molecule has 3 aliphatic heterocycles. The van der Waals surface area contributed by atoms with Crippen LogP contribution in [0.3, 0.4) is 0 Å². The Kier molecular flexibility index (Phi) is 11.2. The number of hydrogen-bond acceptors (Lipinski definition) is 8. The Balaban J connectivity index is 1.49. The molecule has 0 saturated carbocycles. The predicted octanol–water partition coefficient (Wildman–Crippen LogP) is 3.97. The number of nitrogens with one attached hydrogen (secondary N) is 1. The Hall–Kier alpha value is -4.48. The monoisotopic (exact) mass is 673 g/mol. The molecule has 2 aromatic rings. The third-order valence-electron chi connectivity index (χ3n) is 10.0. The summed E-state index contributed by atoms with van der Waals surface area (Å²) in [7, 11) is 1.56. The van der Waals surface area contributed by atoms with E-state index in [2.05, 4.69) is 18.5 Å². The van der Waals surface area contributed by atoms with Crippen molar-refractivity contribution < 1.29 is 38.5 Å². The topological polar surface area (TPSA) is 135 Å². The summed E-state index contributed by atoms with van der Waals surface area (Å²) in [5.74, 6) is -3.21. The molecule has 2 aromatic carbocycles. The molecule has 3 heterocycles. The number of aliphatic hydroxyl groups excluding tert-OH is 1. The zero-order chi connectivity index (χ0) is 35.3. The summed E-state index contributed by atoms with van der Waals surface area (Å²) < 4.78 is 18.1. The molecular formula is C38H47N3O8. The molecule has 0 unspecified atom stereocenters. The van der Waals surface area contributed by atoms with Crippen LogP contribution in [0.5, 0.6) is 5.75 Å². The summed E-state index contributed by atoms with van der Waals surface area (Å²) >= 11 is 0. The van der Waals surface area contributed by atoms with E-state index in [1.807, 2.05) is 44.2 Å². The summed E-state index contributed by atoms with van der Waals surface area (Å²) in [5.41, 5.74) is -0.0455. The third-order valence-corrected chi connectivity index (χ3v) is 10.0. The van der Waals surface area contributed by atoms with Gasteiger partial charge in [0.1, 0.15) is 23.5 Å². The maximum Gasteiger partial charge on any atom is 0.313 e. The van der Waals surface area contributed by atoms with Crippen molar-refractivity contribution in [3.05, 3.63) is 85.5 Å². The highest BCUT2D eigenvalue weighted by Gasteiger charge is 2.76. The highest BCUT2D eigenvalue weighted by molar-refractivity contribution is 6.05. The second-order valence-corrected chi connectivity index (χ2v) is 13.2. The van der Waals surface area contributed by atoms with Crippen LogP contribution in [0.15, 0.2) is 79.9 Å². The quantitative estimate of drug-likeness (QED) is 0.202. The minimum atomic E-state index is -1.31. The summed E-state index contributed by atoms with van der Waals surface area (Å²) in [5, 5.41) is 13.4. The smallest absolute Gasteiger partial charge is 0.313 e. The molecule has 7 atom stereocenters. The van der Waals surface area contributed by atoms with Crippen LogP contribution in [0.2, 0.25) is 0 Å². The molecule has 5 rings (SSSR count). The molecule has 3 saturated heterocycles. The number of methoxy groups -OCH3 is 1. The predicted molar refractivity (Wildman–Crippen MR) is 183 cm³/mol. The van der Waals surface area contributed by atoms with Crippen LogP contribution in [0.4, 0.5) is 5.69 Å². The molecule has 3 amide bonds. The van der Waals surface area contributed by atoms with Gasteiger partial charge in [0.05, 0.1) is 44.2 Å². The van der Waals surface area contributed by atoms with Gasteiger partial charge in [0.2, 0.25) is 11.8 Å². The van der Waals surface area contributed by atoms with E-state index in [9.17, 15) is 24.3 Å². The fourth-order valence-corrected chi connectivity index (χ4v) is 7.62. The number of fused-ring (bicyclic) bond motifs is 1. The van der Waals surface area contributed by atoms with E-state index in [0.29, 0.717) is 36.3 Å². The molecule has 0 aliphatic carbocycles. The standard InChI is InChI=1S/C38H47N3O8/c1-6-8-14-31(43)39-22-30(25-12-10-9-11-13-25)48-37(46)32-29-19-20-38(49-29)33(32)35(44)41(28(23-42)24(3)4)34(38)36(45)40(21-7-2)26-15-17-27(47-5)18-16-26/h6-7,9-13,15-18,24,28-30,32-34,42H,1-2,8,14,19-23H2,3-5H3,(H,39,43)/t28-,29+,30-,32-,33-,34+,38-/m0/s1. The van der Waals surface area contributed by atoms with Gasteiger partial charge in [-0.2, -0.15) is 0 Å². The molecular weight excluding hydrogens is 626 g/mol. The van der Waals surface area contributed by atoms with Crippen LogP contribution in [0.25, 0.3) is 0 Å². The first kappa shape index (κ1) is 35.8. The summed E-state index contributed by atoms with van der Waals surface area (Å²) in [6, 6.07) is 14.3. The van der Waals surface area contributed by atoms with Crippen LogP contribution in [-0.4, -0.2) is 84.3 Å². The largest absolute Gasteiger partial charge is 0.497 e. The van der Waals surface area contributed by atoms with Crippen molar-refractivity contribution in [1.82, 2.24) is 10.2 Å². The summed E-state index contributed by atoms with van der Waals surface area (Å²) in [6.07, 6.45) is 3.41. The van der Waals surface area contributed by atoms with E-state index in [0.717, 1.165) is 0 Å². The minimum Gasteiger partial charge on any atom is -0.497 e. The number of esters is 1. The van der Waals surface area contributed by atoms with E-state index in [4.69, 9.17) is 14.2 Å². The molecule has 49 heavy (non-hydrogen) atoms. The number of amides is 3. The van der Waals surface area contributed by atoms with Crippen LogP contribution in [0.1, 0.15) is 51.2 Å². The lowest BCUT2D eigenvalue weighted by Gasteiger charge is -2.40. The molecule has 2 bridgehead atoms. The number of ether oxygens (including phenoxy) is 3. The van der Waals surface area contributed by atoms with Crippen LogP contribution in [-0.2, 0) is 28.7 Å². The van der Waals surface area contributed by atoms with Crippen LogP contribution in [0, 0.1) is 17.8 Å². The van der Waals surface area contributed by atoms with Crippen molar-refractivity contribution in [3.63, 3.8) is 0 Å². The maximum absolute atomic E-state index is 14.8. The molecule has 262 valence electrons. The number of nitrogens with zero attached hydrogens (tertiary/aromatic N) is 2. The first-order chi connectivity index (χ1) is 23.6. The average molecular weight is 674 g/mol. The molecule has 3 fully saturated rings. The van der Waals surface area contributed by atoms with Gasteiger partial charge in [0.25, 0.3) is 5.91 Å². The number of aliphatic hydroxyl groups is 1. The summed E-state index contributed by atoms with van der Waals surface area (Å²) in [6.45, 7) is 11.1. The van der Waals surface area contributed by atoms with Gasteiger partial charge in [-0.05, 0) is 55.0 Å². The third kappa shape index (κ3) is 6.87. The van der Waals surface area contributed by atoms with Gasteiger partial charge in [-0.3, -0.25) is 19.2 Å². The fourth-order valence-electron chi connectivity index (χ4n) is 7.62. The van der Waals surface area contributed by atoms with Crippen molar-refractivity contribution in [2.45, 2.75) is 69.4 Å². The van der Waals surface area contributed by atoms with Crippen molar-refractivity contribution in [2.24, 2.45) is 17.8 Å². The van der Waals surface area contributed by atoms with Crippen molar-refractivity contribution >= 4 is 29.4 Å². The fraction of sp³-hybridized carbons (Fsp3) is 0.474. The van der Waals surface area contributed by atoms with Crippen molar-refractivity contribution in [1.29, 1.82) is 0 Å². The second kappa shape index (κ2) is 15.4. The number of carbonyl (C=O) groups is 4. The van der Waals surface area contributed by atoms with Gasteiger partial charge in [-0.25, -0.2) is 0 Å². The van der Waals surface area contributed by atoms with E-state index in [-0.39, 0.29) is 43.8 Å². The SMILES string of the molecule is C=CCCC(=O)NC[C@H](OC(=O)[C@@H]1[C@H]2C(=O)N([C@@H](CO)C(C)C)[C@H](C(=O)N(CC=C)c3ccc(OC)cc3)[C@]23CC[C@H]1O3)c1ccccc1. The Bertz CT molecular complexity index is 1530. The lowest BCUT2D eigenvalue weighted by atomic mass is 9.70. The molecule has 0 radical (unpaired) electrons.